The smallest absolute Gasteiger partial charge is 0.194 e. The molecule has 0 spiro atoms. The number of aliphatic imine (C=N–C) groups is 1. The van der Waals surface area contributed by atoms with Gasteiger partial charge in [-0.05, 0) is 11.6 Å². The lowest BCUT2D eigenvalue weighted by Crippen LogP contribution is -2.35. The Morgan fingerprint density at radius 2 is 2.00 bits per heavy atom. The summed E-state index contributed by atoms with van der Waals surface area (Å²) in [6.45, 7) is 3.39. The Morgan fingerprint density at radius 1 is 1.19 bits per heavy atom. The van der Waals surface area contributed by atoms with E-state index in [1.54, 1.807) is 0 Å². The van der Waals surface area contributed by atoms with Gasteiger partial charge in [-0.25, -0.2) is 0 Å². The Balaban J connectivity index is 0.00000161. The van der Waals surface area contributed by atoms with Crippen molar-refractivity contribution in [2.24, 2.45) is 4.99 Å². The first-order valence-electron chi connectivity index (χ1n) is 6.87. The van der Waals surface area contributed by atoms with Crippen molar-refractivity contribution in [2.75, 3.05) is 20.1 Å². The van der Waals surface area contributed by atoms with E-state index in [1.807, 2.05) is 30.1 Å². The summed E-state index contributed by atoms with van der Waals surface area (Å²) < 4.78 is 1.96. The van der Waals surface area contributed by atoms with E-state index in [2.05, 4.69) is 44.6 Å². The molecule has 0 saturated carbocycles. The van der Waals surface area contributed by atoms with Crippen LogP contribution in [0.2, 0.25) is 0 Å². The second-order valence-electron chi connectivity index (χ2n) is 4.97. The lowest BCUT2D eigenvalue weighted by Gasteiger charge is -2.14. The van der Waals surface area contributed by atoms with Crippen LogP contribution in [0.15, 0.2) is 47.6 Å². The van der Waals surface area contributed by atoms with Gasteiger partial charge < -0.3 is 10.2 Å². The molecule has 0 unspecified atom stereocenters. The standard InChI is InChI=1S/C15H19N5.HI/c1-19-10-8-16-15(19)17-11-14-7-9-20(18-14)12-13-5-3-2-4-6-13;/h2-7,9H,8,10-12H2,1H3,(H,16,17);1H. The van der Waals surface area contributed by atoms with Crippen LogP contribution in [-0.4, -0.2) is 40.8 Å². The number of likely N-dealkylation sites (N-methyl/N-ethyl adjacent to an activating group) is 1. The van der Waals surface area contributed by atoms with Gasteiger partial charge in [0.2, 0.25) is 0 Å². The Hall–Kier alpha value is -1.57. The number of nitrogens with one attached hydrogen (secondary N) is 1. The quantitative estimate of drug-likeness (QED) is 0.803. The van der Waals surface area contributed by atoms with Gasteiger partial charge in [0.05, 0.1) is 25.3 Å². The van der Waals surface area contributed by atoms with Crippen LogP contribution < -0.4 is 5.32 Å². The van der Waals surface area contributed by atoms with Gasteiger partial charge in [0.15, 0.2) is 5.96 Å². The number of hydrogen-bond donors (Lipinski definition) is 1. The summed E-state index contributed by atoms with van der Waals surface area (Å²) in [5.41, 5.74) is 2.29. The molecule has 6 heteroatoms. The molecule has 1 aromatic heterocycles. The third-order valence-electron chi connectivity index (χ3n) is 3.37. The molecule has 21 heavy (non-hydrogen) atoms. The maximum Gasteiger partial charge on any atom is 0.194 e. The van der Waals surface area contributed by atoms with E-state index < -0.39 is 0 Å². The monoisotopic (exact) mass is 397 g/mol. The van der Waals surface area contributed by atoms with Crippen LogP contribution in [0.3, 0.4) is 0 Å². The molecule has 1 aliphatic rings. The molecular weight excluding hydrogens is 377 g/mol. The highest BCUT2D eigenvalue weighted by Gasteiger charge is 2.11. The first-order valence-corrected chi connectivity index (χ1v) is 6.87. The first kappa shape index (κ1) is 15.8. The average Bonchev–Trinajstić information content (AvgIpc) is 3.07. The minimum Gasteiger partial charge on any atom is -0.351 e. The molecule has 1 aromatic carbocycles. The normalized spacial score (nSPS) is 13.8. The zero-order chi connectivity index (χ0) is 13.8. The van der Waals surface area contributed by atoms with Crippen LogP contribution in [0.4, 0.5) is 0 Å². The predicted octanol–water partition coefficient (Wildman–Crippen LogP) is 1.94. The summed E-state index contributed by atoms with van der Waals surface area (Å²) in [5, 5.41) is 7.90. The lowest BCUT2D eigenvalue weighted by atomic mass is 10.2. The van der Waals surface area contributed by atoms with Crippen LogP contribution in [0.5, 0.6) is 0 Å². The largest absolute Gasteiger partial charge is 0.351 e. The molecule has 1 N–H and O–H groups in total. The molecule has 0 radical (unpaired) electrons. The molecule has 2 aromatic rings. The van der Waals surface area contributed by atoms with Crippen molar-refractivity contribution in [2.45, 2.75) is 13.1 Å². The van der Waals surface area contributed by atoms with Gasteiger partial charge >= 0.3 is 0 Å². The van der Waals surface area contributed by atoms with Crippen LogP contribution in [-0.2, 0) is 13.1 Å². The average molecular weight is 397 g/mol. The minimum absolute atomic E-state index is 0. The van der Waals surface area contributed by atoms with Gasteiger partial charge in [-0.2, -0.15) is 5.10 Å². The van der Waals surface area contributed by atoms with E-state index in [1.165, 1.54) is 5.56 Å². The predicted molar refractivity (Wildman–Crippen MR) is 95.0 cm³/mol. The number of guanidine groups is 1. The number of halogens is 1. The summed E-state index contributed by atoms with van der Waals surface area (Å²) in [7, 11) is 2.05. The van der Waals surface area contributed by atoms with Crippen molar-refractivity contribution in [1.82, 2.24) is 20.0 Å². The highest BCUT2D eigenvalue weighted by atomic mass is 127. The zero-order valence-electron chi connectivity index (χ0n) is 12.1. The van der Waals surface area contributed by atoms with Gasteiger partial charge in [0.25, 0.3) is 0 Å². The van der Waals surface area contributed by atoms with E-state index in [9.17, 15) is 0 Å². The fourth-order valence-electron chi connectivity index (χ4n) is 2.25. The van der Waals surface area contributed by atoms with Crippen LogP contribution in [0.1, 0.15) is 11.3 Å². The molecule has 0 aliphatic carbocycles. The molecule has 5 nitrogen and oxygen atoms in total. The fraction of sp³-hybridized carbons (Fsp3) is 0.333. The van der Waals surface area contributed by atoms with E-state index >= 15 is 0 Å². The van der Waals surface area contributed by atoms with E-state index in [-0.39, 0.29) is 24.0 Å². The van der Waals surface area contributed by atoms with E-state index in [0.29, 0.717) is 6.54 Å². The van der Waals surface area contributed by atoms with Gasteiger partial charge in [0, 0.05) is 19.8 Å². The van der Waals surface area contributed by atoms with E-state index in [0.717, 1.165) is 31.3 Å². The minimum atomic E-state index is 0. The topological polar surface area (TPSA) is 45.5 Å². The third kappa shape index (κ3) is 4.20. The number of hydrogen-bond acceptors (Lipinski definition) is 4. The second-order valence-corrected chi connectivity index (χ2v) is 4.97. The number of rotatable bonds is 4. The van der Waals surface area contributed by atoms with Crippen LogP contribution in [0.25, 0.3) is 0 Å². The van der Waals surface area contributed by atoms with Crippen LogP contribution >= 0.6 is 24.0 Å². The molecular formula is C15H20IN5. The van der Waals surface area contributed by atoms with Crippen LogP contribution in [0, 0.1) is 0 Å². The van der Waals surface area contributed by atoms with Gasteiger partial charge in [-0.3, -0.25) is 9.67 Å². The summed E-state index contributed by atoms with van der Waals surface area (Å²) in [6.07, 6.45) is 2.02. The van der Waals surface area contributed by atoms with Crippen molar-refractivity contribution >= 4 is 29.9 Å². The molecule has 2 heterocycles. The molecule has 0 amide bonds. The van der Waals surface area contributed by atoms with Crippen molar-refractivity contribution in [3.63, 3.8) is 0 Å². The SMILES string of the molecule is CN1CCN=C1NCc1ccn(Cc2ccccc2)n1.I. The second kappa shape index (κ2) is 7.44. The molecule has 3 rings (SSSR count). The Labute approximate surface area is 142 Å². The third-order valence-corrected chi connectivity index (χ3v) is 3.37. The number of nitrogens with zero attached hydrogens (tertiary/aromatic N) is 4. The number of aromatic nitrogens is 2. The maximum atomic E-state index is 4.57. The maximum absolute atomic E-state index is 4.57. The zero-order valence-corrected chi connectivity index (χ0v) is 14.4. The van der Waals surface area contributed by atoms with E-state index in [4.69, 9.17) is 0 Å². The van der Waals surface area contributed by atoms with Crippen molar-refractivity contribution in [1.29, 1.82) is 0 Å². The molecule has 112 valence electrons. The van der Waals surface area contributed by atoms with Gasteiger partial charge in [0.1, 0.15) is 0 Å². The lowest BCUT2D eigenvalue weighted by molar-refractivity contribution is 0.532. The molecule has 0 atom stereocenters. The first-order chi connectivity index (χ1) is 9.81. The highest BCUT2D eigenvalue weighted by Crippen LogP contribution is 2.03. The van der Waals surface area contributed by atoms with Crippen molar-refractivity contribution < 1.29 is 0 Å². The molecule has 1 aliphatic heterocycles. The summed E-state index contributed by atoms with van der Waals surface area (Å²) in [4.78, 5) is 6.53. The number of benzene rings is 1. The summed E-state index contributed by atoms with van der Waals surface area (Å²) in [5.74, 6) is 0.961. The summed E-state index contributed by atoms with van der Waals surface area (Å²) >= 11 is 0. The van der Waals surface area contributed by atoms with Crippen molar-refractivity contribution in [3.05, 3.63) is 53.9 Å². The highest BCUT2D eigenvalue weighted by molar-refractivity contribution is 14.0. The van der Waals surface area contributed by atoms with Gasteiger partial charge in [-0.1, -0.05) is 30.3 Å². The van der Waals surface area contributed by atoms with Gasteiger partial charge in [-0.15, -0.1) is 24.0 Å². The molecule has 0 saturated heterocycles. The van der Waals surface area contributed by atoms with Crippen molar-refractivity contribution in [3.8, 4) is 0 Å². The Bertz CT molecular complexity index is 593. The summed E-state index contributed by atoms with van der Waals surface area (Å²) in [6, 6.07) is 12.4. The Kier molecular flexibility index (Phi) is 5.60. The molecule has 0 fully saturated rings. The Morgan fingerprint density at radius 3 is 2.71 bits per heavy atom. The molecule has 0 bridgehead atoms. The fourth-order valence-corrected chi connectivity index (χ4v) is 2.25.